The van der Waals surface area contributed by atoms with Gasteiger partial charge in [0.2, 0.25) is 0 Å². The molecule has 0 bridgehead atoms. The number of unbranched alkanes of at least 4 members (excludes halogenated alkanes) is 16. The van der Waals surface area contributed by atoms with E-state index in [-0.39, 0.29) is 0 Å². The van der Waals surface area contributed by atoms with Gasteiger partial charge in [0, 0.05) is 81.7 Å². The first kappa shape index (κ1) is 40.6. The summed E-state index contributed by atoms with van der Waals surface area (Å²) < 4.78 is 0. The zero-order chi connectivity index (χ0) is 37.5. The van der Waals surface area contributed by atoms with E-state index in [1.165, 1.54) is 197 Å². The van der Waals surface area contributed by atoms with E-state index < -0.39 is 0 Å². The van der Waals surface area contributed by atoms with Gasteiger partial charge in [0.05, 0.1) is 0 Å². The summed E-state index contributed by atoms with van der Waals surface area (Å²) in [6.45, 7) is 9.05. The number of benzene rings is 2. The van der Waals surface area contributed by atoms with Gasteiger partial charge >= 0.3 is 0 Å². The standard InChI is InChI=1S/C50H66N2S2/c1-5-7-9-11-13-15-16-18-20-22-24-39(23-21-19-17-14-12-10-8-6-2)32-47-44-33-43(48-30-29-42(54-48)28-27-41-26-25-38(4)53-41)46-35-51-34-40-31-37(3)45(36-52-47)50(44)49(40)46/h25-31,33-36,39H,5-24,32H2,1-4H3. The lowest BCUT2D eigenvalue weighted by Gasteiger charge is -2.21. The summed E-state index contributed by atoms with van der Waals surface area (Å²) in [6, 6.07) is 13.8. The molecule has 0 radical (unpaired) electrons. The quantitative estimate of drug-likeness (QED) is 0.0429. The lowest BCUT2D eigenvalue weighted by atomic mass is 9.86. The molecule has 4 heterocycles. The number of hydrogen-bond acceptors (Lipinski definition) is 4. The molecule has 0 fully saturated rings. The zero-order valence-corrected chi connectivity index (χ0v) is 35.6. The molecule has 2 aromatic carbocycles. The van der Waals surface area contributed by atoms with Crippen LogP contribution in [0.5, 0.6) is 0 Å². The molecule has 0 spiro atoms. The first-order valence-electron chi connectivity index (χ1n) is 21.8. The second kappa shape index (κ2) is 21.3. The van der Waals surface area contributed by atoms with Gasteiger partial charge in [0.1, 0.15) is 0 Å². The fourth-order valence-electron chi connectivity index (χ4n) is 8.66. The summed E-state index contributed by atoms with van der Waals surface area (Å²) in [4.78, 5) is 15.4. The van der Waals surface area contributed by atoms with Crippen molar-refractivity contribution in [3.8, 4) is 10.4 Å². The van der Waals surface area contributed by atoms with Crippen LogP contribution in [0, 0.1) is 19.8 Å². The van der Waals surface area contributed by atoms with Crippen molar-refractivity contribution in [2.24, 2.45) is 5.92 Å². The van der Waals surface area contributed by atoms with Crippen molar-refractivity contribution in [2.75, 3.05) is 0 Å². The lowest BCUT2D eigenvalue weighted by molar-refractivity contribution is 0.398. The van der Waals surface area contributed by atoms with Crippen molar-refractivity contribution in [2.45, 2.75) is 163 Å². The molecule has 0 N–H and O–H groups in total. The summed E-state index contributed by atoms with van der Waals surface area (Å²) in [6.07, 6.45) is 39.7. The van der Waals surface area contributed by atoms with Gasteiger partial charge in [-0.2, -0.15) is 0 Å². The molecule has 2 nitrogen and oxygen atoms in total. The topological polar surface area (TPSA) is 25.8 Å². The Morgan fingerprint density at radius 2 is 1.17 bits per heavy atom. The van der Waals surface area contributed by atoms with Gasteiger partial charge in [0.15, 0.2) is 0 Å². The Morgan fingerprint density at radius 3 is 1.78 bits per heavy atom. The molecule has 0 saturated carbocycles. The highest BCUT2D eigenvalue weighted by Gasteiger charge is 2.20. The molecule has 0 aliphatic heterocycles. The van der Waals surface area contributed by atoms with Crippen LogP contribution in [0.1, 0.15) is 168 Å². The number of hydrogen-bond donors (Lipinski definition) is 0. The summed E-state index contributed by atoms with van der Waals surface area (Å²) in [5.41, 5.74) is 3.89. The molecule has 6 aromatic rings. The number of aromatic nitrogens is 2. The summed E-state index contributed by atoms with van der Waals surface area (Å²) in [5, 5.41) is 7.90. The maximum atomic E-state index is 5.33. The highest BCUT2D eigenvalue weighted by atomic mass is 32.1. The first-order valence-corrected chi connectivity index (χ1v) is 23.4. The Kier molecular flexibility index (Phi) is 16.0. The number of pyridine rings is 2. The summed E-state index contributed by atoms with van der Waals surface area (Å²) in [5.74, 6) is 0.690. The number of nitrogens with zero attached hydrogens (tertiary/aromatic N) is 2. The monoisotopic (exact) mass is 758 g/mol. The predicted molar refractivity (Wildman–Crippen MR) is 243 cm³/mol. The van der Waals surface area contributed by atoms with Crippen molar-refractivity contribution in [3.05, 3.63) is 80.9 Å². The number of rotatable bonds is 25. The van der Waals surface area contributed by atoms with Crippen molar-refractivity contribution in [3.63, 3.8) is 0 Å². The Bertz CT molecular complexity index is 2030. The zero-order valence-electron chi connectivity index (χ0n) is 34.0. The third-order valence-electron chi connectivity index (χ3n) is 11.8. The summed E-state index contributed by atoms with van der Waals surface area (Å²) >= 11 is 3.73. The van der Waals surface area contributed by atoms with Gasteiger partial charge in [-0.1, -0.05) is 142 Å². The van der Waals surface area contributed by atoms with Crippen molar-refractivity contribution < 1.29 is 0 Å². The summed E-state index contributed by atoms with van der Waals surface area (Å²) in [7, 11) is 0. The van der Waals surface area contributed by atoms with E-state index in [2.05, 4.69) is 94.8 Å². The minimum absolute atomic E-state index is 0.690. The Hall–Kier alpha value is -3.08. The molecule has 288 valence electrons. The molecule has 1 unspecified atom stereocenters. The van der Waals surface area contributed by atoms with Gasteiger partial charge in [0.25, 0.3) is 0 Å². The van der Waals surface area contributed by atoms with Crippen LogP contribution in [-0.4, -0.2) is 9.97 Å². The number of aryl methyl sites for hydroxylation is 2. The minimum Gasteiger partial charge on any atom is -0.263 e. The molecular formula is C50H66N2S2. The molecule has 4 heteroatoms. The van der Waals surface area contributed by atoms with Gasteiger partial charge in [-0.3, -0.25) is 9.97 Å². The Labute approximate surface area is 335 Å². The smallest absolute Gasteiger partial charge is 0.0485 e. The molecular weight excluding hydrogens is 693 g/mol. The average molecular weight is 759 g/mol. The van der Waals surface area contributed by atoms with Gasteiger partial charge in [-0.15, -0.1) is 22.7 Å². The van der Waals surface area contributed by atoms with E-state index in [1.807, 2.05) is 22.7 Å². The molecule has 6 rings (SSSR count). The molecule has 1 atom stereocenters. The van der Waals surface area contributed by atoms with Crippen molar-refractivity contribution >= 4 is 67.1 Å². The van der Waals surface area contributed by atoms with Crippen LogP contribution >= 0.6 is 22.7 Å². The van der Waals surface area contributed by atoms with Gasteiger partial charge in [-0.05, 0) is 80.3 Å². The van der Waals surface area contributed by atoms with Crippen LogP contribution in [0.15, 0.2) is 55.0 Å². The Balaban J connectivity index is 1.23. The largest absolute Gasteiger partial charge is 0.263 e. The molecule has 0 amide bonds. The predicted octanol–water partition coefficient (Wildman–Crippen LogP) is 17.0. The second-order valence-electron chi connectivity index (χ2n) is 16.2. The molecule has 54 heavy (non-hydrogen) atoms. The number of thiophene rings is 2. The highest BCUT2D eigenvalue weighted by Crippen LogP contribution is 2.44. The van der Waals surface area contributed by atoms with Crippen LogP contribution in [0.3, 0.4) is 0 Å². The highest BCUT2D eigenvalue weighted by molar-refractivity contribution is 7.16. The molecule has 0 aliphatic carbocycles. The van der Waals surface area contributed by atoms with Crippen LogP contribution < -0.4 is 0 Å². The fourth-order valence-corrected chi connectivity index (χ4v) is 10.4. The van der Waals surface area contributed by atoms with Gasteiger partial charge < -0.3 is 0 Å². The maximum Gasteiger partial charge on any atom is 0.0485 e. The first-order chi connectivity index (χ1) is 26.6. The minimum atomic E-state index is 0.690. The van der Waals surface area contributed by atoms with E-state index in [0.717, 1.165) is 6.42 Å². The lowest BCUT2D eigenvalue weighted by Crippen LogP contribution is -2.08. The van der Waals surface area contributed by atoms with E-state index in [9.17, 15) is 0 Å². The van der Waals surface area contributed by atoms with Crippen LogP contribution in [0.2, 0.25) is 0 Å². The Morgan fingerprint density at radius 1 is 0.574 bits per heavy atom. The van der Waals surface area contributed by atoms with Crippen LogP contribution in [0.4, 0.5) is 0 Å². The molecule has 4 aromatic heterocycles. The van der Waals surface area contributed by atoms with E-state index in [4.69, 9.17) is 9.97 Å². The van der Waals surface area contributed by atoms with E-state index in [1.54, 1.807) is 0 Å². The van der Waals surface area contributed by atoms with E-state index in [0.29, 0.717) is 5.92 Å². The van der Waals surface area contributed by atoms with Crippen molar-refractivity contribution in [1.82, 2.24) is 9.97 Å². The fraction of sp³-hybridized carbons (Fsp3) is 0.520. The molecule has 0 saturated heterocycles. The second-order valence-corrected chi connectivity index (χ2v) is 18.7. The third kappa shape index (κ3) is 11.0. The maximum absolute atomic E-state index is 5.33. The third-order valence-corrected chi connectivity index (χ3v) is 13.8. The molecule has 0 aliphatic rings. The van der Waals surface area contributed by atoms with Crippen LogP contribution in [0.25, 0.3) is 54.9 Å². The SMILES string of the molecule is CCCCCCCCCCCCC(CCCCCCCCCC)Cc1ncc2c(C)cc3cncc4c(-c5ccc(C=Cc6ccc(C)s6)s5)cc1c2c34. The van der Waals surface area contributed by atoms with E-state index >= 15 is 0 Å². The van der Waals surface area contributed by atoms with Crippen molar-refractivity contribution in [1.29, 1.82) is 0 Å². The van der Waals surface area contributed by atoms with Gasteiger partial charge in [-0.25, -0.2) is 0 Å². The normalized spacial score (nSPS) is 12.7. The van der Waals surface area contributed by atoms with Crippen LogP contribution in [-0.2, 0) is 6.42 Å². The average Bonchev–Trinajstić information content (AvgIpc) is 3.83.